The monoisotopic (exact) mass is 519 g/mol. The van der Waals surface area contributed by atoms with Crippen molar-refractivity contribution in [3.8, 4) is 0 Å². The summed E-state index contributed by atoms with van der Waals surface area (Å²) < 4.78 is 0. The van der Waals surface area contributed by atoms with E-state index < -0.39 is 5.91 Å². The van der Waals surface area contributed by atoms with Crippen molar-refractivity contribution >= 4 is 34.8 Å². The lowest BCUT2D eigenvalue weighted by Crippen LogP contribution is -2.47. The third-order valence-corrected chi connectivity index (χ3v) is 6.93. The number of aryl methyl sites for hydroxylation is 1. The van der Waals surface area contributed by atoms with Crippen molar-refractivity contribution in [2.45, 2.75) is 20.0 Å². The molecule has 0 aliphatic carbocycles. The van der Waals surface area contributed by atoms with Crippen molar-refractivity contribution in [1.29, 1.82) is 0 Å². The highest BCUT2D eigenvalue weighted by Gasteiger charge is 2.24. The van der Waals surface area contributed by atoms with Crippen LogP contribution in [-0.2, 0) is 13.1 Å². The summed E-state index contributed by atoms with van der Waals surface area (Å²) in [6, 6.07) is 19.6. The molecule has 0 bridgehead atoms. The zero-order valence-electron chi connectivity index (χ0n) is 21.6. The molecule has 2 amide bonds. The predicted molar refractivity (Wildman–Crippen MR) is 151 cm³/mol. The molecular formula is C29H34ClN5O2. The summed E-state index contributed by atoms with van der Waals surface area (Å²) in [7, 11) is 4.03. The van der Waals surface area contributed by atoms with Gasteiger partial charge in [0.2, 0.25) is 0 Å². The van der Waals surface area contributed by atoms with Crippen molar-refractivity contribution in [1.82, 2.24) is 10.2 Å². The molecule has 1 fully saturated rings. The number of hydrogen-bond donors (Lipinski definition) is 2. The Morgan fingerprint density at radius 2 is 1.54 bits per heavy atom. The predicted octanol–water partition coefficient (Wildman–Crippen LogP) is 4.07. The van der Waals surface area contributed by atoms with E-state index in [1.165, 1.54) is 17.3 Å². The quantitative estimate of drug-likeness (QED) is 0.469. The molecule has 7 nitrogen and oxygen atoms in total. The molecule has 0 atom stereocenters. The summed E-state index contributed by atoms with van der Waals surface area (Å²) >= 11 is 6.57. The van der Waals surface area contributed by atoms with Gasteiger partial charge in [0.05, 0.1) is 21.8 Å². The fourth-order valence-corrected chi connectivity index (χ4v) is 5.03. The van der Waals surface area contributed by atoms with Crippen LogP contribution < -0.4 is 20.9 Å². The van der Waals surface area contributed by atoms with Crippen LogP contribution in [0.1, 0.15) is 37.4 Å². The minimum Gasteiger partial charge on any atom is -0.368 e. The lowest BCUT2D eigenvalue weighted by Gasteiger charge is -2.38. The van der Waals surface area contributed by atoms with Gasteiger partial charge < -0.3 is 25.8 Å². The maximum absolute atomic E-state index is 13.0. The standard InChI is InChI=1S/C29H34ClN5O2/c1-20-7-4-5-10-26(20)34-11-13-35(14-12-34)27-17-25(30)23(16-24(27)28(31)36)29(37)32-18-21-8-6-9-22(15-21)19-33(2)3/h4-10,15-17H,11-14,18-19H2,1-3H3,(H2,31,36)(H,32,37). The first kappa shape index (κ1) is 26.5. The van der Waals surface area contributed by atoms with E-state index in [0.29, 0.717) is 35.9 Å². The van der Waals surface area contributed by atoms with Crippen LogP contribution in [0.25, 0.3) is 0 Å². The van der Waals surface area contributed by atoms with Crippen LogP contribution in [0, 0.1) is 6.92 Å². The second-order valence-corrected chi connectivity index (χ2v) is 10.1. The van der Waals surface area contributed by atoms with Crippen molar-refractivity contribution in [2.75, 3.05) is 50.1 Å². The van der Waals surface area contributed by atoms with E-state index in [-0.39, 0.29) is 11.5 Å². The molecule has 1 aliphatic rings. The van der Waals surface area contributed by atoms with Crippen LogP contribution in [0.15, 0.2) is 60.7 Å². The van der Waals surface area contributed by atoms with Gasteiger partial charge in [0.25, 0.3) is 11.8 Å². The van der Waals surface area contributed by atoms with Gasteiger partial charge in [-0.2, -0.15) is 0 Å². The Hall–Kier alpha value is -3.55. The van der Waals surface area contributed by atoms with Gasteiger partial charge in [-0.25, -0.2) is 0 Å². The maximum atomic E-state index is 13.0. The van der Waals surface area contributed by atoms with Gasteiger partial charge in [0, 0.05) is 45.0 Å². The first-order valence-electron chi connectivity index (χ1n) is 12.4. The number of carbonyl (C=O) groups excluding carboxylic acids is 2. The molecule has 8 heteroatoms. The molecule has 37 heavy (non-hydrogen) atoms. The van der Waals surface area contributed by atoms with E-state index in [4.69, 9.17) is 17.3 Å². The summed E-state index contributed by atoms with van der Waals surface area (Å²) in [6.07, 6.45) is 0. The van der Waals surface area contributed by atoms with E-state index >= 15 is 0 Å². The average Bonchev–Trinajstić information content (AvgIpc) is 2.87. The number of nitrogens with one attached hydrogen (secondary N) is 1. The largest absolute Gasteiger partial charge is 0.368 e. The number of primary amides is 1. The summed E-state index contributed by atoms with van der Waals surface area (Å²) in [5.74, 6) is -0.931. The van der Waals surface area contributed by atoms with Crippen LogP contribution in [0.3, 0.4) is 0 Å². The lowest BCUT2D eigenvalue weighted by atomic mass is 10.0. The van der Waals surface area contributed by atoms with Crippen molar-refractivity contribution < 1.29 is 9.59 Å². The van der Waals surface area contributed by atoms with Gasteiger partial charge in [-0.15, -0.1) is 0 Å². The molecule has 0 radical (unpaired) electrons. The number of nitrogens with zero attached hydrogens (tertiary/aromatic N) is 3. The van der Waals surface area contributed by atoms with Gasteiger partial charge in [-0.05, 0) is 55.9 Å². The molecule has 3 N–H and O–H groups in total. The molecule has 0 aromatic heterocycles. The van der Waals surface area contributed by atoms with Crippen LogP contribution in [0.5, 0.6) is 0 Å². The van der Waals surface area contributed by atoms with Crippen molar-refractivity contribution in [3.05, 3.63) is 93.5 Å². The van der Waals surface area contributed by atoms with E-state index in [0.717, 1.165) is 30.8 Å². The molecule has 1 saturated heterocycles. The number of nitrogens with two attached hydrogens (primary N) is 1. The zero-order valence-corrected chi connectivity index (χ0v) is 22.4. The summed E-state index contributed by atoms with van der Waals surface area (Å²) in [5.41, 5.74) is 11.5. The zero-order chi connectivity index (χ0) is 26.5. The van der Waals surface area contributed by atoms with Crippen LogP contribution in [0.2, 0.25) is 5.02 Å². The second-order valence-electron chi connectivity index (χ2n) is 9.71. The Balaban J connectivity index is 1.47. The van der Waals surface area contributed by atoms with Gasteiger partial charge in [-0.3, -0.25) is 9.59 Å². The maximum Gasteiger partial charge on any atom is 0.253 e. The van der Waals surface area contributed by atoms with E-state index in [1.54, 1.807) is 6.07 Å². The van der Waals surface area contributed by atoms with Gasteiger partial charge in [0.1, 0.15) is 0 Å². The number of benzene rings is 3. The Kier molecular flexibility index (Phi) is 8.36. The van der Waals surface area contributed by atoms with Gasteiger partial charge >= 0.3 is 0 Å². The number of piperazine rings is 1. The second kappa shape index (κ2) is 11.7. The van der Waals surface area contributed by atoms with Crippen LogP contribution in [0.4, 0.5) is 11.4 Å². The van der Waals surface area contributed by atoms with Gasteiger partial charge in [-0.1, -0.05) is 54.1 Å². The van der Waals surface area contributed by atoms with Crippen molar-refractivity contribution in [2.24, 2.45) is 5.73 Å². The average molecular weight is 520 g/mol. The van der Waals surface area contributed by atoms with Crippen LogP contribution >= 0.6 is 11.6 Å². The molecule has 1 aliphatic heterocycles. The van der Waals surface area contributed by atoms with E-state index in [1.807, 2.05) is 38.4 Å². The Labute approximate surface area is 223 Å². The molecule has 0 unspecified atom stereocenters. The highest BCUT2D eigenvalue weighted by molar-refractivity contribution is 6.34. The summed E-state index contributed by atoms with van der Waals surface area (Å²) in [5, 5.41) is 3.21. The fraction of sp³-hybridized carbons (Fsp3) is 0.310. The number of rotatable bonds is 8. The third kappa shape index (κ3) is 6.42. The molecule has 3 aromatic rings. The first-order valence-corrected chi connectivity index (χ1v) is 12.8. The molecule has 1 heterocycles. The third-order valence-electron chi connectivity index (χ3n) is 6.62. The fourth-order valence-electron chi connectivity index (χ4n) is 4.78. The minimum atomic E-state index is -0.585. The number of carbonyl (C=O) groups is 2. The molecule has 194 valence electrons. The Morgan fingerprint density at radius 3 is 2.19 bits per heavy atom. The molecule has 0 spiro atoms. The minimum absolute atomic E-state index is 0.238. The SMILES string of the molecule is Cc1ccccc1N1CCN(c2cc(Cl)c(C(=O)NCc3cccc(CN(C)C)c3)cc2C(N)=O)CC1. The van der Waals surface area contributed by atoms with E-state index in [9.17, 15) is 9.59 Å². The topological polar surface area (TPSA) is 81.9 Å². The Bertz CT molecular complexity index is 1290. The number of para-hydroxylation sites is 1. The lowest BCUT2D eigenvalue weighted by molar-refractivity contribution is 0.0951. The van der Waals surface area contributed by atoms with Crippen molar-refractivity contribution in [3.63, 3.8) is 0 Å². The highest BCUT2D eigenvalue weighted by atomic mass is 35.5. The van der Waals surface area contributed by atoms with Crippen LogP contribution in [-0.4, -0.2) is 57.0 Å². The number of hydrogen-bond acceptors (Lipinski definition) is 5. The molecule has 0 saturated carbocycles. The number of anilines is 2. The summed E-state index contributed by atoms with van der Waals surface area (Å²) in [4.78, 5) is 32.0. The molecule has 4 rings (SSSR count). The van der Waals surface area contributed by atoms with E-state index in [2.05, 4.69) is 51.2 Å². The number of halogens is 1. The first-order chi connectivity index (χ1) is 17.7. The number of amides is 2. The smallest absolute Gasteiger partial charge is 0.253 e. The highest BCUT2D eigenvalue weighted by Crippen LogP contribution is 2.30. The molecular weight excluding hydrogens is 486 g/mol. The summed E-state index contributed by atoms with van der Waals surface area (Å²) in [6.45, 7) is 6.29. The molecule has 3 aromatic carbocycles. The van der Waals surface area contributed by atoms with Gasteiger partial charge in [0.15, 0.2) is 0 Å². The normalized spacial score (nSPS) is 13.6. The Morgan fingerprint density at radius 1 is 0.892 bits per heavy atom.